The number of hydrogen-bond donors (Lipinski definition) is 2. The van der Waals surface area contributed by atoms with Gasteiger partial charge in [-0.05, 0) is 27.7 Å². The Hall–Kier alpha value is 1.18. The van der Waals surface area contributed by atoms with E-state index in [9.17, 15) is 0 Å². The van der Waals surface area contributed by atoms with E-state index in [1.807, 2.05) is 0 Å². The molecule has 2 nitrogen and oxygen atoms in total. The third-order valence-corrected chi connectivity index (χ3v) is 0. The van der Waals surface area contributed by atoms with Crippen LogP contribution in [-0.2, 0) is 0 Å². The summed E-state index contributed by atoms with van der Waals surface area (Å²) in [6.45, 7) is 6.89. The van der Waals surface area contributed by atoms with Crippen LogP contribution in [0.25, 0.3) is 0 Å². The van der Waals surface area contributed by atoms with Gasteiger partial charge in [-0.1, -0.05) is 0 Å². The van der Waals surface area contributed by atoms with Crippen molar-refractivity contribution in [3.05, 3.63) is 0 Å². The van der Waals surface area contributed by atoms with Crippen molar-refractivity contribution < 1.29 is 10.2 Å². The summed E-state index contributed by atoms with van der Waals surface area (Å²) in [5.74, 6) is 0. The SMILES string of the molecule is CC(C)O.CC(C)O.[CaH2]. The van der Waals surface area contributed by atoms with Crippen LogP contribution in [0.3, 0.4) is 0 Å². The molecule has 0 bridgehead atoms. The van der Waals surface area contributed by atoms with Crippen molar-refractivity contribution in [2.24, 2.45) is 0 Å². The van der Waals surface area contributed by atoms with Gasteiger partial charge in [-0.15, -0.1) is 0 Å². The molecule has 0 rings (SSSR count). The molecule has 3 heteroatoms. The van der Waals surface area contributed by atoms with Crippen molar-refractivity contribution in [2.45, 2.75) is 39.9 Å². The van der Waals surface area contributed by atoms with Gasteiger partial charge in [0.1, 0.15) is 0 Å². The zero-order valence-corrected chi connectivity index (χ0v) is 6.05. The number of hydrogen-bond acceptors (Lipinski definition) is 2. The Morgan fingerprint density at radius 3 is 0.778 bits per heavy atom. The second kappa shape index (κ2) is 11.9. The van der Waals surface area contributed by atoms with Crippen LogP contribution in [0, 0.1) is 0 Å². The Morgan fingerprint density at radius 2 is 0.778 bits per heavy atom. The first-order chi connectivity index (χ1) is 3.46. The Kier molecular flexibility index (Phi) is 22.0. The van der Waals surface area contributed by atoms with Gasteiger partial charge in [0, 0.05) is 12.2 Å². The molecule has 0 aromatic heterocycles. The Balaban J connectivity index is -0.0000000720. The maximum absolute atomic E-state index is 8.06. The second-order valence-corrected chi connectivity index (χ2v) is 2.19. The molecule has 9 heavy (non-hydrogen) atoms. The quantitative estimate of drug-likeness (QED) is 0.487. The van der Waals surface area contributed by atoms with Gasteiger partial charge in [0.2, 0.25) is 0 Å². The topological polar surface area (TPSA) is 40.5 Å². The molecule has 0 aliphatic rings. The normalized spacial score (nSPS) is 8.00. The van der Waals surface area contributed by atoms with Crippen LogP contribution in [0.1, 0.15) is 27.7 Å². The van der Waals surface area contributed by atoms with E-state index in [2.05, 4.69) is 0 Å². The Morgan fingerprint density at radius 1 is 0.778 bits per heavy atom. The van der Waals surface area contributed by atoms with Crippen LogP contribution >= 0.6 is 0 Å². The first-order valence-electron chi connectivity index (χ1n) is 2.83. The van der Waals surface area contributed by atoms with E-state index in [0.717, 1.165) is 0 Å². The van der Waals surface area contributed by atoms with E-state index in [4.69, 9.17) is 10.2 Å². The average Bonchev–Trinajstić information content (AvgIpc) is 1.25. The van der Waals surface area contributed by atoms with Crippen molar-refractivity contribution in [2.75, 3.05) is 0 Å². The van der Waals surface area contributed by atoms with E-state index in [-0.39, 0.29) is 49.9 Å². The van der Waals surface area contributed by atoms with Gasteiger partial charge < -0.3 is 10.2 Å². The van der Waals surface area contributed by atoms with E-state index < -0.39 is 0 Å². The molecule has 56 valence electrons. The molecule has 0 saturated heterocycles. The second-order valence-electron chi connectivity index (χ2n) is 2.19. The number of rotatable bonds is 0. The Bertz CT molecular complexity index is 26.5. The molecule has 0 fully saturated rings. The summed E-state index contributed by atoms with van der Waals surface area (Å²) < 4.78 is 0. The van der Waals surface area contributed by atoms with Crippen LogP contribution in [0.5, 0.6) is 0 Å². The maximum atomic E-state index is 8.06. The summed E-state index contributed by atoms with van der Waals surface area (Å²) in [7, 11) is 0. The van der Waals surface area contributed by atoms with Crippen LogP contribution in [0.4, 0.5) is 0 Å². The van der Waals surface area contributed by atoms with E-state index in [0.29, 0.717) is 0 Å². The van der Waals surface area contributed by atoms with Crippen molar-refractivity contribution in [3.8, 4) is 0 Å². The van der Waals surface area contributed by atoms with Gasteiger partial charge in [0.15, 0.2) is 0 Å². The first-order valence-corrected chi connectivity index (χ1v) is 2.83. The fourth-order valence-electron chi connectivity index (χ4n) is 0. The summed E-state index contributed by atoms with van der Waals surface area (Å²) in [5.41, 5.74) is 0. The van der Waals surface area contributed by atoms with Gasteiger partial charge in [-0.2, -0.15) is 0 Å². The molecule has 0 aliphatic carbocycles. The third kappa shape index (κ3) is 340. The van der Waals surface area contributed by atoms with Crippen LogP contribution in [0.2, 0.25) is 0 Å². The van der Waals surface area contributed by atoms with E-state index in [1.165, 1.54) is 0 Å². The molecule has 0 heterocycles. The van der Waals surface area contributed by atoms with Gasteiger partial charge in [-0.3, -0.25) is 0 Å². The molecule has 0 aromatic carbocycles. The molecule has 0 aromatic rings. The molecule has 0 saturated carbocycles. The molecule has 2 N–H and O–H groups in total. The number of aliphatic hydroxyl groups is 2. The van der Waals surface area contributed by atoms with Crippen molar-refractivity contribution in [1.82, 2.24) is 0 Å². The first kappa shape index (κ1) is 16.6. The zero-order chi connectivity index (χ0) is 7.15. The minimum absolute atomic E-state index is 0. The molecule has 0 atom stereocenters. The average molecular weight is 162 g/mol. The summed E-state index contributed by atoms with van der Waals surface area (Å²) in [6, 6.07) is 0. The molecule has 0 aliphatic heterocycles. The van der Waals surface area contributed by atoms with Crippen LogP contribution < -0.4 is 0 Å². The molecular weight excluding hydrogens is 144 g/mol. The predicted octanol–water partition coefficient (Wildman–Crippen LogP) is -0.142. The monoisotopic (exact) mass is 162 g/mol. The fraction of sp³-hybridized carbons (Fsp3) is 1.00. The number of aliphatic hydroxyl groups excluding tert-OH is 2. The molecule has 0 radical (unpaired) electrons. The van der Waals surface area contributed by atoms with Gasteiger partial charge >= 0.3 is 37.7 Å². The van der Waals surface area contributed by atoms with E-state index >= 15 is 0 Å². The van der Waals surface area contributed by atoms with Crippen LogP contribution in [0.15, 0.2) is 0 Å². The predicted molar refractivity (Wildman–Crippen MR) is 43.3 cm³/mol. The third-order valence-electron chi connectivity index (χ3n) is 0. The summed E-state index contributed by atoms with van der Waals surface area (Å²) >= 11 is 0. The fourth-order valence-corrected chi connectivity index (χ4v) is 0. The van der Waals surface area contributed by atoms with Gasteiger partial charge in [0.25, 0.3) is 0 Å². The summed E-state index contributed by atoms with van der Waals surface area (Å²) in [4.78, 5) is 0. The molecule has 0 unspecified atom stereocenters. The minimum atomic E-state index is -0.167. The summed E-state index contributed by atoms with van der Waals surface area (Å²) in [5, 5.41) is 16.1. The van der Waals surface area contributed by atoms with Crippen molar-refractivity contribution >= 4 is 37.7 Å². The zero-order valence-electron chi connectivity index (χ0n) is 6.05. The molecule has 0 spiro atoms. The Labute approximate surface area is 87.3 Å². The van der Waals surface area contributed by atoms with E-state index in [1.54, 1.807) is 27.7 Å². The standard InChI is InChI=1S/2C3H8O.Ca.2H/c2*1-3(2)4;;;/h2*3-4H,1-2H3;;;. The van der Waals surface area contributed by atoms with Crippen molar-refractivity contribution in [1.29, 1.82) is 0 Å². The molecule has 0 amide bonds. The van der Waals surface area contributed by atoms with Crippen LogP contribution in [-0.4, -0.2) is 60.2 Å². The van der Waals surface area contributed by atoms with Crippen molar-refractivity contribution in [3.63, 3.8) is 0 Å². The summed E-state index contributed by atoms with van der Waals surface area (Å²) in [6.07, 6.45) is -0.333. The van der Waals surface area contributed by atoms with Gasteiger partial charge in [-0.25, -0.2) is 0 Å². The van der Waals surface area contributed by atoms with Gasteiger partial charge in [0.05, 0.1) is 0 Å². The molecular formula is C6H18CaO2.